The van der Waals surface area contributed by atoms with E-state index in [1.807, 2.05) is 6.92 Å². The maximum absolute atomic E-state index is 11.0. The van der Waals surface area contributed by atoms with Gasteiger partial charge in [0.1, 0.15) is 0 Å². The lowest BCUT2D eigenvalue weighted by molar-refractivity contribution is -0.142. The van der Waals surface area contributed by atoms with Gasteiger partial charge in [0, 0.05) is 19.1 Å². The molecule has 15 heavy (non-hydrogen) atoms. The third kappa shape index (κ3) is 2.71. The Bertz CT molecular complexity index is 228. The predicted molar refractivity (Wildman–Crippen MR) is 60.8 cm³/mol. The third-order valence-corrected chi connectivity index (χ3v) is 3.61. The van der Waals surface area contributed by atoms with Crippen LogP contribution < -0.4 is 0 Å². The zero-order valence-electron chi connectivity index (χ0n) is 10.2. The minimum Gasteiger partial charge on any atom is -0.481 e. The first-order valence-electron chi connectivity index (χ1n) is 5.94. The Balaban J connectivity index is 2.64. The molecule has 1 unspecified atom stereocenters. The van der Waals surface area contributed by atoms with Crippen molar-refractivity contribution in [1.82, 2.24) is 4.90 Å². The van der Waals surface area contributed by atoms with Gasteiger partial charge < -0.3 is 5.11 Å². The Kier molecular flexibility index (Phi) is 4.14. The molecule has 0 bridgehead atoms. The lowest BCUT2D eigenvalue weighted by Crippen LogP contribution is -2.37. The Morgan fingerprint density at radius 2 is 2.07 bits per heavy atom. The second-order valence-electron chi connectivity index (χ2n) is 5.10. The minimum absolute atomic E-state index is 0.169. The van der Waals surface area contributed by atoms with Gasteiger partial charge in [0.15, 0.2) is 0 Å². The molecule has 3 atom stereocenters. The van der Waals surface area contributed by atoms with Crippen molar-refractivity contribution in [1.29, 1.82) is 0 Å². The number of carboxylic acids is 1. The molecule has 1 aliphatic heterocycles. The monoisotopic (exact) mass is 213 g/mol. The van der Waals surface area contributed by atoms with Crippen LogP contribution in [0.1, 0.15) is 34.1 Å². The predicted octanol–water partition coefficient (Wildman–Crippen LogP) is 2.07. The van der Waals surface area contributed by atoms with Crippen LogP contribution in [-0.4, -0.2) is 35.1 Å². The smallest absolute Gasteiger partial charge is 0.308 e. The van der Waals surface area contributed by atoms with Gasteiger partial charge in [-0.05, 0) is 18.3 Å². The summed E-state index contributed by atoms with van der Waals surface area (Å²) >= 11 is 0. The van der Waals surface area contributed by atoms with E-state index in [0.717, 1.165) is 19.5 Å². The molecule has 1 fully saturated rings. The Hall–Kier alpha value is -0.570. The number of nitrogens with zero attached hydrogens (tertiary/aromatic N) is 1. The SMILES string of the molecule is CCC(C(C)C)N1C[C@@H](C)[C@H](C(=O)O)C1. The van der Waals surface area contributed by atoms with Gasteiger partial charge in [0.2, 0.25) is 0 Å². The highest BCUT2D eigenvalue weighted by atomic mass is 16.4. The number of hydrogen-bond donors (Lipinski definition) is 1. The van der Waals surface area contributed by atoms with Crippen molar-refractivity contribution in [3.63, 3.8) is 0 Å². The summed E-state index contributed by atoms with van der Waals surface area (Å²) in [5.74, 6) is 0.0893. The molecule has 88 valence electrons. The molecule has 0 aromatic carbocycles. The molecule has 1 saturated heterocycles. The molecule has 0 amide bonds. The molecule has 1 rings (SSSR count). The molecule has 0 aromatic heterocycles. The molecular formula is C12H23NO2. The van der Waals surface area contributed by atoms with Crippen molar-refractivity contribution in [3.05, 3.63) is 0 Å². The maximum Gasteiger partial charge on any atom is 0.308 e. The maximum atomic E-state index is 11.0. The van der Waals surface area contributed by atoms with E-state index in [4.69, 9.17) is 5.11 Å². The number of rotatable bonds is 4. The standard InChI is InChI=1S/C12H23NO2/c1-5-11(8(2)3)13-6-9(4)10(7-13)12(14)15/h8-11H,5-7H2,1-4H3,(H,14,15)/t9-,10-,11?/m1/s1. The molecule has 0 aromatic rings. The first-order chi connectivity index (χ1) is 6.97. The quantitative estimate of drug-likeness (QED) is 0.777. The summed E-state index contributed by atoms with van der Waals surface area (Å²) in [5, 5.41) is 9.07. The van der Waals surface area contributed by atoms with Crippen LogP contribution in [0.15, 0.2) is 0 Å². The summed E-state index contributed by atoms with van der Waals surface area (Å²) in [4.78, 5) is 13.4. The van der Waals surface area contributed by atoms with E-state index in [0.29, 0.717) is 12.0 Å². The van der Waals surface area contributed by atoms with Crippen LogP contribution in [0.3, 0.4) is 0 Å². The molecule has 1 N–H and O–H groups in total. The molecule has 3 heteroatoms. The van der Waals surface area contributed by atoms with Crippen LogP contribution in [0.5, 0.6) is 0 Å². The fourth-order valence-electron chi connectivity index (χ4n) is 2.75. The number of likely N-dealkylation sites (tertiary alicyclic amines) is 1. The Morgan fingerprint density at radius 3 is 2.40 bits per heavy atom. The van der Waals surface area contributed by atoms with Crippen LogP contribution >= 0.6 is 0 Å². The van der Waals surface area contributed by atoms with E-state index < -0.39 is 5.97 Å². The van der Waals surface area contributed by atoms with Crippen LogP contribution in [0, 0.1) is 17.8 Å². The van der Waals surface area contributed by atoms with Crippen LogP contribution in [0.25, 0.3) is 0 Å². The van der Waals surface area contributed by atoms with Crippen molar-refractivity contribution in [3.8, 4) is 0 Å². The van der Waals surface area contributed by atoms with Crippen LogP contribution in [0.4, 0.5) is 0 Å². The molecular weight excluding hydrogens is 190 g/mol. The van der Waals surface area contributed by atoms with Gasteiger partial charge in [-0.3, -0.25) is 9.69 Å². The topological polar surface area (TPSA) is 40.5 Å². The number of hydrogen-bond acceptors (Lipinski definition) is 2. The first kappa shape index (κ1) is 12.5. The average Bonchev–Trinajstić information content (AvgIpc) is 2.48. The fraction of sp³-hybridized carbons (Fsp3) is 0.917. The zero-order valence-corrected chi connectivity index (χ0v) is 10.2. The van der Waals surface area contributed by atoms with Crippen LogP contribution in [0.2, 0.25) is 0 Å². The molecule has 0 radical (unpaired) electrons. The highest BCUT2D eigenvalue weighted by molar-refractivity contribution is 5.71. The molecule has 3 nitrogen and oxygen atoms in total. The van der Waals surface area contributed by atoms with Crippen molar-refractivity contribution in [2.24, 2.45) is 17.8 Å². The fourth-order valence-corrected chi connectivity index (χ4v) is 2.75. The van der Waals surface area contributed by atoms with E-state index in [1.54, 1.807) is 0 Å². The summed E-state index contributed by atoms with van der Waals surface area (Å²) in [7, 11) is 0. The van der Waals surface area contributed by atoms with E-state index in [1.165, 1.54) is 0 Å². The normalized spacial score (nSPS) is 29.7. The minimum atomic E-state index is -0.636. The van der Waals surface area contributed by atoms with Gasteiger partial charge in [-0.2, -0.15) is 0 Å². The van der Waals surface area contributed by atoms with Gasteiger partial charge in [-0.15, -0.1) is 0 Å². The van der Waals surface area contributed by atoms with Crippen LogP contribution in [-0.2, 0) is 4.79 Å². The van der Waals surface area contributed by atoms with E-state index in [2.05, 4.69) is 25.7 Å². The second kappa shape index (κ2) is 4.97. The van der Waals surface area contributed by atoms with Gasteiger partial charge in [-0.25, -0.2) is 0 Å². The van der Waals surface area contributed by atoms with Gasteiger partial charge in [0.25, 0.3) is 0 Å². The van der Waals surface area contributed by atoms with E-state index in [-0.39, 0.29) is 11.8 Å². The van der Waals surface area contributed by atoms with Crippen molar-refractivity contribution in [2.45, 2.75) is 40.2 Å². The first-order valence-corrected chi connectivity index (χ1v) is 5.94. The van der Waals surface area contributed by atoms with E-state index in [9.17, 15) is 4.79 Å². The Morgan fingerprint density at radius 1 is 1.47 bits per heavy atom. The highest BCUT2D eigenvalue weighted by Crippen LogP contribution is 2.28. The highest BCUT2D eigenvalue weighted by Gasteiger charge is 2.37. The number of carboxylic acid groups (broad SMARTS) is 1. The van der Waals surface area contributed by atoms with Gasteiger partial charge in [0.05, 0.1) is 5.92 Å². The summed E-state index contributed by atoms with van der Waals surface area (Å²) in [5.41, 5.74) is 0. The van der Waals surface area contributed by atoms with E-state index >= 15 is 0 Å². The third-order valence-electron chi connectivity index (χ3n) is 3.61. The zero-order chi connectivity index (χ0) is 11.6. The Labute approximate surface area is 92.5 Å². The largest absolute Gasteiger partial charge is 0.481 e. The lowest BCUT2D eigenvalue weighted by atomic mass is 9.99. The van der Waals surface area contributed by atoms with Crippen molar-refractivity contribution in [2.75, 3.05) is 13.1 Å². The molecule has 0 spiro atoms. The summed E-state index contributed by atoms with van der Waals surface area (Å²) < 4.78 is 0. The lowest BCUT2D eigenvalue weighted by Gasteiger charge is -2.30. The summed E-state index contributed by atoms with van der Waals surface area (Å²) in [6.07, 6.45) is 1.11. The average molecular weight is 213 g/mol. The summed E-state index contributed by atoms with van der Waals surface area (Å²) in [6.45, 7) is 10.3. The second-order valence-corrected chi connectivity index (χ2v) is 5.10. The van der Waals surface area contributed by atoms with Gasteiger partial charge >= 0.3 is 5.97 Å². The summed E-state index contributed by atoms with van der Waals surface area (Å²) in [6, 6.07) is 0.539. The van der Waals surface area contributed by atoms with Crippen molar-refractivity contribution >= 4 is 5.97 Å². The molecule has 1 heterocycles. The molecule has 0 aliphatic carbocycles. The number of carbonyl (C=O) groups is 1. The molecule has 1 aliphatic rings. The molecule has 0 saturated carbocycles. The van der Waals surface area contributed by atoms with Crippen molar-refractivity contribution < 1.29 is 9.90 Å². The number of aliphatic carboxylic acids is 1. The van der Waals surface area contributed by atoms with Gasteiger partial charge in [-0.1, -0.05) is 27.7 Å².